The number of hydrogen-bond acceptors (Lipinski definition) is 5. The van der Waals surface area contributed by atoms with Crippen LogP contribution in [-0.2, 0) is 18.9 Å². The summed E-state index contributed by atoms with van der Waals surface area (Å²) in [5.74, 6) is -2.47. The van der Waals surface area contributed by atoms with Crippen LogP contribution >= 0.6 is 0 Å². The average molecular weight is 537 g/mol. The Hall–Kier alpha value is -4.28. The van der Waals surface area contributed by atoms with Crippen molar-refractivity contribution in [3.8, 4) is 0 Å². The Morgan fingerprint density at radius 3 is 2.31 bits per heavy atom. The van der Waals surface area contributed by atoms with Gasteiger partial charge < -0.3 is 20.1 Å². The zero-order valence-electron chi connectivity index (χ0n) is 23.0. The number of anilines is 1. The number of likely N-dealkylation sites (tertiary alicyclic amines) is 1. The molecule has 1 aliphatic rings. The van der Waals surface area contributed by atoms with Gasteiger partial charge in [-0.2, -0.15) is 5.10 Å². The fourth-order valence-corrected chi connectivity index (χ4v) is 5.03. The first-order chi connectivity index (χ1) is 18.3. The highest BCUT2D eigenvalue weighted by atomic mass is 19.1. The Bertz CT molecular complexity index is 1480. The first kappa shape index (κ1) is 27.7. The van der Waals surface area contributed by atoms with E-state index in [1.54, 1.807) is 55.2 Å². The molecule has 0 atom stereocenters. The maximum Gasteiger partial charge on any atom is 0.294 e. The van der Waals surface area contributed by atoms with Gasteiger partial charge in [-0.25, -0.2) is 4.39 Å². The zero-order chi connectivity index (χ0) is 28.6. The van der Waals surface area contributed by atoms with Crippen molar-refractivity contribution in [2.45, 2.75) is 46.1 Å². The highest BCUT2D eigenvalue weighted by molar-refractivity contribution is 6.43. The van der Waals surface area contributed by atoms with E-state index < -0.39 is 23.1 Å². The lowest BCUT2D eigenvalue weighted by Crippen LogP contribution is -2.55. The van der Waals surface area contributed by atoms with Gasteiger partial charge in [-0.3, -0.25) is 23.9 Å². The van der Waals surface area contributed by atoms with E-state index in [1.165, 1.54) is 24.4 Å². The lowest BCUT2D eigenvalue weighted by molar-refractivity contribution is -0.119. The van der Waals surface area contributed by atoms with Crippen LogP contribution in [0.5, 0.6) is 0 Å². The summed E-state index contributed by atoms with van der Waals surface area (Å²) in [7, 11) is 3.38. The van der Waals surface area contributed by atoms with Crippen LogP contribution in [0.3, 0.4) is 0 Å². The second-order valence-electron chi connectivity index (χ2n) is 10.4. The molecule has 0 unspecified atom stereocenters. The summed E-state index contributed by atoms with van der Waals surface area (Å²) < 4.78 is 16.7. The highest BCUT2D eigenvalue weighted by Gasteiger charge is 2.37. The molecular formula is C28H33FN6O4. The number of ketones is 1. The second kappa shape index (κ2) is 10.5. The van der Waals surface area contributed by atoms with E-state index in [1.807, 2.05) is 6.92 Å². The summed E-state index contributed by atoms with van der Waals surface area (Å²) in [5.41, 5.74) is 1.96. The molecule has 3 heterocycles. The number of aryl methyl sites for hydroxylation is 2. The second-order valence-corrected chi connectivity index (χ2v) is 10.4. The van der Waals surface area contributed by atoms with Gasteiger partial charge in [0, 0.05) is 50.3 Å². The number of carbonyl (C=O) groups is 4. The van der Waals surface area contributed by atoms with Gasteiger partial charge in [0.05, 0.1) is 23.0 Å². The minimum atomic E-state index is -0.769. The van der Waals surface area contributed by atoms with Crippen molar-refractivity contribution in [1.29, 1.82) is 0 Å². The number of nitrogens with one attached hydrogen (secondary N) is 2. The third kappa shape index (κ3) is 5.47. The largest absolute Gasteiger partial charge is 0.344 e. The van der Waals surface area contributed by atoms with Crippen molar-refractivity contribution in [1.82, 2.24) is 24.6 Å². The number of halogens is 1. The predicted molar refractivity (Wildman–Crippen MR) is 143 cm³/mol. The molecule has 0 spiro atoms. The van der Waals surface area contributed by atoms with Crippen LogP contribution in [0.2, 0.25) is 0 Å². The lowest BCUT2D eigenvalue weighted by Gasteiger charge is -2.39. The number of benzene rings is 1. The molecule has 39 heavy (non-hydrogen) atoms. The summed E-state index contributed by atoms with van der Waals surface area (Å²) >= 11 is 0. The van der Waals surface area contributed by atoms with Crippen molar-refractivity contribution in [3.63, 3.8) is 0 Å². The highest BCUT2D eigenvalue weighted by Crippen LogP contribution is 2.26. The van der Waals surface area contributed by atoms with Crippen LogP contribution in [0.25, 0.3) is 0 Å². The minimum absolute atomic E-state index is 0.121. The fourth-order valence-electron chi connectivity index (χ4n) is 5.03. The summed E-state index contributed by atoms with van der Waals surface area (Å²) in [6.45, 7) is 7.63. The van der Waals surface area contributed by atoms with Crippen molar-refractivity contribution in [2.24, 2.45) is 14.1 Å². The van der Waals surface area contributed by atoms with E-state index in [2.05, 4.69) is 15.7 Å². The molecule has 2 aromatic heterocycles. The lowest BCUT2D eigenvalue weighted by atomic mass is 9.89. The van der Waals surface area contributed by atoms with Crippen LogP contribution in [0.15, 0.2) is 30.6 Å². The molecule has 4 rings (SSSR count). The Labute approximate surface area is 226 Å². The SMILES string of the molecule is Cc1cc(NC(=O)c2c(C)c(C(=O)C(=O)NC3(C)CCN(C(=O)c4cnn(C)c4)CC3)n(C)c2C)ccc1F. The minimum Gasteiger partial charge on any atom is -0.344 e. The molecular weight excluding hydrogens is 503 g/mol. The summed E-state index contributed by atoms with van der Waals surface area (Å²) in [6.07, 6.45) is 4.15. The number of nitrogens with zero attached hydrogens (tertiary/aromatic N) is 4. The smallest absolute Gasteiger partial charge is 0.294 e. The molecule has 0 bridgehead atoms. The van der Waals surface area contributed by atoms with E-state index in [-0.39, 0.29) is 23.0 Å². The van der Waals surface area contributed by atoms with Crippen molar-refractivity contribution >= 4 is 29.2 Å². The number of rotatable bonds is 6. The molecule has 3 amide bonds. The van der Waals surface area contributed by atoms with E-state index in [4.69, 9.17) is 0 Å². The number of aromatic nitrogens is 3. The van der Waals surface area contributed by atoms with Crippen LogP contribution in [-0.4, -0.2) is 61.4 Å². The number of carbonyl (C=O) groups excluding carboxylic acids is 4. The van der Waals surface area contributed by atoms with Crippen molar-refractivity contribution in [2.75, 3.05) is 18.4 Å². The van der Waals surface area contributed by atoms with Gasteiger partial charge in [0.2, 0.25) is 0 Å². The van der Waals surface area contributed by atoms with Crippen molar-refractivity contribution in [3.05, 3.63) is 70.1 Å². The predicted octanol–water partition coefficient (Wildman–Crippen LogP) is 3.07. The van der Waals surface area contributed by atoms with Gasteiger partial charge in [-0.1, -0.05) is 0 Å². The van der Waals surface area contributed by atoms with Gasteiger partial charge in [0.1, 0.15) is 5.82 Å². The van der Waals surface area contributed by atoms with E-state index in [0.29, 0.717) is 54.0 Å². The first-order valence-electron chi connectivity index (χ1n) is 12.7. The molecule has 1 fully saturated rings. The fraction of sp³-hybridized carbons (Fsp3) is 0.393. The molecule has 1 aromatic carbocycles. The standard InChI is InChI=1S/C28H33FN6O4/c1-16-13-20(7-8-21(16)29)31-25(37)22-17(2)23(34(6)18(22)3)24(36)26(38)32-28(4)9-11-35(12-10-28)27(39)19-14-30-33(5)15-19/h7-8,13-15H,9-12H2,1-6H3,(H,31,37)(H,32,38). The molecule has 0 radical (unpaired) electrons. The first-order valence-corrected chi connectivity index (χ1v) is 12.7. The zero-order valence-corrected chi connectivity index (χ0v) is 23.0. The van der Waals surface area contributed by atoms with E-state index in [9.17, 15) is 23.6 Å². The van der Waals surface area contributed by atoms with Gasteiger partial charge >= 0.3 is 0 Å². The van der Waals surface area contributed by atoms with Crippen LogP contribution in [0, 0.1) is 26.6 Å². The molecule has 10 nitrogen and oxygen atoms in total. The number of amides is 3. The average Bonchev–Trinajstić information content (AvgIpc) is 3.41. The monoisotopic (exact) mass is 536 g/mol. The Balaban J connectivity index is 1.45. The van der Waals surface area contributed by atoms with Crippen LogP contribution in [0.4, 0.5) is 10.1 Å². The normalized spacial score (nSPS) is 14.7. The third-order valence-electron chi connectivity index (χ3n) is 7.52. The molecule has 206 valence electrons. The van der Waals surface area contributed by atoms with E-state index >= 15 is 0 Å². The Kier molecular flexibility index (Phi) is 7.45. The summed E-state index contributed by atoms with van der Waals surface area (Å²) in [4.78, 5) is 54.0. The van der Waals surface area contributed by atoms with Gasteiger partial charge in [-0.15, -0.1) is 0 Å². The van der Waals surface area contributed by atoms with Crippen LogP contribution < -0.4 is 10.6 Å². The van der Waals surface area contributed by atoms with E-state index in [0.717, 1.165) is 0 Å². The quantitative estimate of drug-likeness (QED) is 0.371. The maximum absolute atomic E-state index is 13.6. The van der Waals surface area contributed by atoms with Crippen molar-refractivity contribution < 1.29 is 23.6 Å². The molecule has 3 aromatic rings. The number of hydrogen-bond donors (Lipinski definition) is 2. The Morgan fingerprint density at radius 2 is 1.72 bits per heavy atom. The maximum atomic E-state index is 13.6. The summed E-state index contributed by atoms with van der Waals surface area (Å²) in [5, 5.41) is 9.66. The third-order valence-corrected chi connectivity index (χ3v) is 7.52. The Morgan fingerprint density at radius 1 is 1.05 bits per heavy atom. The molecule has 1 saturated heterocycles. The van der Waals surface area contributed by atoms with Gasteiger partial charge in [0.15, 0.2) is 0 Å². The number of Topliss-reactive ketones (excluding diaryl/α,β-unsaturated/α-hetero) is 1. The molecule has 1 aliphatic heterocycles. The molecule has 0 aliphatic carbocycles. The van der Waals surface area contributed by atoms with Gasteiger partial charge in [-0.05, 0) is 69.9 Å². The van der Waals surface area contributed by atoms with Gasteiger partial charge in [0.25, 0.3) is 23.5 Å². The molecule has 0 saturated carbocycles. The number of piperidine rings is 1. The topological polar surface area (TPSA) is 118 Å². The summed E-state index contributed by atoms with van der Waals surface area (Å²) in [6, 6.07) is 4.26. The molecule has 11 heteroatoms. The molecule has 2 N–H and O–H groups in total. The van der Waals surface area contributed by atoms with Crippen LogP contribution in [0.1, 0.15) is 67.8 Å².